The molecule has 1 aliphatic carbocycles. The van der Waals surface area contributed by atoms with E-state index in [0.29, 0.717) is 12.1 Å². The first-order valence-corrected chi connectivity index (χ1v) is 14.9. The second kappa shape index (κ2) is 12.0. The largest absolute Gasteiger partial charge is 0.360 e. The van der Waals surface area contributed by atoms with Gasteiger partial charge in [-0.15, -0.1) is 5.10 Å². The lowest BCUT2D eigenvalue weighted by Gasteiger charge is -2.28. The smallest absolute Gasteiger partial charge is 0.277 e. The van der Waals surface area contributed by atoms with Crippen LogP contribution in [0.25, 0.3) is 0 Å². The molecule has 2 aliphatic heterocycles. The van der Waals surface area contributed by atoms with Gasteiger partial charge in [0, 0.05) is 31.4 Å². The number of benzene rings is 1. The zero-order chi connectivity index (χ0) is 30.1. The van der Waals surface area contributed by atoms with Crippen molar-refractivity contribution in [1.82, 2.24) is 41.0 Å². The van der Waals surface area contributed by atoms with Gasteiger partial charge in [0.1, 0.15) is 29.6 Å². The molecule has 13 heteroatoms. The van der Waals surface area contributed by atoms with Crippen LogP contribution in [-0.4, -0.2) is 73.3 Å². The van der Waals surface area contributed by atoms with Crippen LogP contribution in [-0.2, 0) is 40.2 Å². The third-order valence-electron chi connectivity index (χ3n) is 8.53. The molecule has 1 fully saturated rings. The molecule has 4 amide bonds. The van der Waals surface area contributed by atoms with Crippen LogP contribution < -0.4 is 16.0 Å². The molecule has 1 saturated heterocycles. The minimum absolute atomic E-state index is 0.106. The summed E-state index contributed by atoms with van der Waals surface area (Å²) in [4.78, 5) is 56.2. The fourth-order valence-electron chi connectivity index (χ4n) is 6.15. The molecule has 43 heavy (non-hydrogen) atoms. The Morgan fingerprint density at radius 1 is 1.05 bits per heavy atom. The molecule has 4 bridgehead atoms. The summed E-state index contributed by atoms with van der Waals surface area (Å²) in [7, 11) is 0. The normalized spacial score (nSPS) is 24.4. The predicted octanol–water partition coefficient (Wildman–Crippen LogP) is 1.10. The molecule has 226 valence electrons. The van der Waals surface area contributed by atoms with Crippen molar-refractivity contribution in [2.45, 2.75) is 83.1 Å². The number of hydrogen-bond acceptors (Lipinski definition) is 8. The Labute approximate surface area is 248 Å². The summed E-state index contributed by atoms with van der Waals surface area (Å²) in [5, 5.41) is 21.2. The molecular formula is C30H36N8O5. The van der Waals surface area contributed by atoms with Gasteiger partial charge in [0.15, 0.2) is 5.69 Å². The van der Waals surface area contributed by atoms with Gasteiger partial charge >= 0.3 is 0 Å². The Hall–Kier alpha value is -4.55. The van der Waals surface area contributed by atoms with Crippen LogP contribution in [0.15, 0.2) is 41.1 Å². The second-order valence-corrected chi connectivity index (χ2v) is 11.9. The van der Waals surface area contributed by atoms with E-state index in [2.05, 4.69) is 31.4 Å². The highest BCUT2D eigenvalue weighted by atomic mass is 16.5. The van der Waals surface area contributed by atoms with E-state index < -0.39 is 29.9 Å². The number of carbonyl (C=O) groups excluding carboxylic acids is 4. The highest BCUT2D eigenvalue weighted by Gasteiger charge is 2.44. The zero-order valence-electron chi connectivity index (χ0n) is 24.3. The Morgan fingerprint density at radius 2 is 1.84 bits per heavy atom. The predicted molar refractivity (Wildman–Crippen MR) is 152 cm³/mol. The lowest BCUT2D eigenvalue weighted by Crippen LogP contribution is -2.58. The van der Waals surface area contributed by atoms with Gasteiger partial charge in [0.25, 0.3) is 5.91 Å². The molecule has 13 nitrogen and oxygen atoms in total. The Balaban J connectivity index is 1.32. The van der Waals surface area contributed by atoms with Crippen molar-refractivity contribution in [1.29, 1.82) is 0 Å². The fourth-order valence-corrected chi connectivity index (χ4v) is 6.15. The van der Waals surface area contributed by atoms with Crippen LogP contribution in [0.3, 0.4) is 0 Å². The van der Waals surface area contributed by atoms with Crippen LogP contribution in [0, 0.1) is 5.92 Å². The first kappa shape index (κ1) is 28.6. The monoisotopic (exact) mass is 588 g/mol. The quantitative estimate of drug-likeness (QED) is 0.408. The van der Waals surface area contributed by atoms with E-state index >= 15 is 0 Å². The SMILES string of the molecule is CC(C)[C@@H]1NC(=O)[C@@H]2C[C@@H](CN2C(=O)c2noc3c2CCCC3)n2cc(nn2)CNC(=O)[C@@H](Cc2ccccc2)NC1=O. The summed E-state index contributed by atoms with van der Waals surface area (Å²) in [6.45, 7) is 3.95. The average Bonchev–Trinajstić information content (AvgIpc) is 3.76. The second-order valence-electron chi connectivity index (χ2n) is 11.9. The van der Waals surface area contributed by atoms with Crippen molar-refractivity contribution in [3.05, 3.63) is 64.8 Å². The summed E-state index contributed by atoms with van der Waals surface area (Å²) >= 11 is 0. The van der Waals surface area contributed by atoms with Gasteiger partial charge in [0.05, 0.1) is 18.8 Å². The van der Waals surface area contributed by atoms with E-state index in [9.17, 15) is 19.2 Å². The summed E-state index contributed by atoms with van der Waals surface area (Å²) < 4.78 is 7.14. The fraction of sp³-hybridized carbons (Fsp3) is 0.500. The minimum Gasteiger partial charge on any atom is -0.360 e. The van der Waals surface area contributed by atoms with Gasteiger partial charge in [0.2, 0.25) is 17.7 Å². The van der Waals surface area contributed by atoms with Crippen molar-refractivity contribution in [3.8, 4) is 0 Å². The van der Waals surface area contributed by atoms with Crippen molar-refractivity contribution >= 4 is 23.6 Å². The first-order valence-electron chi connectivity index (χ1n) is 14.9. The van der Waals surface area contributed by atoms with Gasteiger partial charge < -0.3 is 25.4 Å². The van der Waals surface area contributed by atoms with E-state index in [0.717, 1.165) is 36.1 Å². The summed E-state index contributed by atoms with van der Waals surface area (Å²) in [5.74, 6) is -1.24. The number of aromatic nitrogens is 4. The van der Waals surface area contributed by atoms with Crippen LogP contribution in [0.5, 0.6) is 0 Å². The molecule has 0 radical (unpaired) electrons. The summed E-state index contributed by atoms with van der Waals surface area (Å²) in [6.07, 6.45) is 5.60. The summed E-state index contributed by atoms with van der Waals surface area (Å²) in [6, 6.07) is 6.35. The third-order valence-corrected chi connectivity index (χ3v) is 8.53. The van der Waals surface area contributed by atoms with E-state index in [-0.39, 0.29) is 55.4 Å². The van der Waals surface area contributed by atoms with Crippen LogP contribution in [0.1, 0.15) is 72.2 Å². The van der Waals surface area contributed by atoms with Crippen molar-refractivity contribution < 1.29 is 23.7 Å². The maximum absolute atomic E-state index is 13.9. The van der Waals surface area contributed by atoms with Crippen molar-refractivity contribution in [3.63, 3.8) is 0 Å². The number of carbonyl (C=O) groups is 4. The van der Waals surface area contributed by atoms with Gasteiger partial charge in [-0.2, -0.15) is 0 Å². The molecule has 3 aromatic rings. The van der Waals surface area contributed by atoms with Crippen LogP contribution in [0.2, 0.25) is 0 Å². The number of nitrogens with one attached hydrogen (secondary N) is 3. The Bertz CT molecular complexity index is 1520. The summed E-state index contributed by atoms with van der Waals surface area (Å²) in [5.41, 5.74) is 2.44. The number of fused-ring (bicyclic) bond motifs is 6. The van der Waals surface area contributed by atoms with Gasteiger partial charge in [-0.25, -0.2) is 4.68 Å². The van der Waals surface area contributed by atoms with Crippen LogP contribution in [0.4, 0.5) is 0 Å². The van der Waals surface area contributed by atoms with Crippen LogP contribution >= 0.6 is 0 Å². The molecule has 3 aliphatic rings. The van der Waals surface area contributed by atoms with E-state index in [1.54, 1.807) is 10.9 Å². The highest BCUT2D eigenvalue weighted by molar-refractivity contribution is 5.99. The maximum atomic E-state index is 13.9. The number of hydrogen-bond donors (Lipinski definition) is 3. The molecule has 0 unspecified atom stereocenters. The number of rotatable bonds is 4. The Morgan fingerprint density at radius 3 is 2.63 bits per heavy atom. The molecular weight excluding hydrogens is 552 g/mol. The number of amides is 4. The molecule has 6 rings (SSSR count). The molecule has 2 aromatic heterocycles. The maximum Gasteiger partial charge on any atom is 0.277 e. The molecule has 0 spiro atoms. The van der Waals surface area contributed by atoms with Gasteiger partial charge in [-0.3, -0.25) is 19.2 Å². The highest BCUT2D eigenvalue weighted by Crippen LogP contribution is 2.32. The number of likely N-dealkylation sites (tertiary alicyclic amines) is 1. The van der Waals surface area contributed by atoms with Gasteiger partial charge in [-0.05, 0) is 30.7 Å². The topological polar surface area (TPSA) is 164 Å². The molecule has 1 aromatic carbocycles. The van der Waals surface area contributed by atoms with Crippen molar-refractivity contribution in [2.75, 3.05) is 6.54 Å². The molecule has 0 saturated carbocycles. The van der Waals surface area contributed by atoms with E-state index in [4.69, 9.17) is 4.52 Å². The number of aryl methyl sites for hydroxylation is 1. The van der Waals surface area contributed by atoms with E-state index in [1.807, 2.05) is 44.2 Å². The standard InChI is InChI=1S/C30H36N8O5/c1-17(2)25-29(41)32-22(12-18-8-4-3-5-9-18)27(39)31-14-19-15-38(36-34-19)20-13-23(28(40)33-25)37(16-20)30(42)26-21-10-6-7-11-24(21)43-35-26/h3-5,8-9,15,17,20,22-23,25H,6-7,10-14,16H2,1-2H3,(H,31,39)(H,32,41)(H,33,40)/t20-,22+,23-,25-/m0/s1. The number of nitrogens with zero attached hydrogens (tertiary/aromatic N) is 5. The van der Waals surface area contributed by atoms with Crippen molar-refractivity contribution in [2.24, 2.45) is 5.92 Å². The molecule has 4 atom stereocenters. The third kappa shape index (κ3) is 5.88. The minimum atomic E-state index is -0.933. The Kier molecular flexibility index (Phi) is 7.96. The molecule has 3 N–H and O–H groups in total. The van der Waals surface area contributed by atoms with Gasteiger partial charge in [-0.1, -0.05) is 54.5 Å². The average molecular weight is 589 g/mol. The zero-order valence-corrected chi connectivity index (χ0v) is 24.3. The lowest BCUT2D eigenvalue weighted by molar-refractivity contribution is -0.134. The van der Waals surface area contributed by atoms with E-state index in [1.165, 1.54) is 4.90 Å². The lowest BCUT2D eigenvalue weighted by atomic mass is 9.96. The first-order chi connectivity index (χ1) is 20.8. The molecule has 4 heterocycles.